The van der Waals surface area contributed by atoms with E-state index >= 15 is 0 Å². The van der Waals surface area contributed by atoms with Crippen LogP contribution in [0.5, 0.6) is 0 Å². The molecule has 128 valence electrons. The van der Waals surface area contributed by atoms with Gasteiger partial charge in [-0.1, -0.05) is 13.8 Å². The summed E-state index contributed by atoms with van der Waals surface area (Å²) in [7, 11) is 0. The molecule has 0 aromatic rings. The zero-order chi connectivity index (χ0) is 15.8. The number of carbonyl (C=O) groups is 1. The molecule has 23 heavy (non-hydrogen) atoms. The molecule has 6 aliphatic carbocycles. The first-order valence-corrected chi connectivity index (χ1v) is 10.2. The fraction of sp³-hybridized carbons (Fsp3) is 0.952. The summed E-state index contributed by atoms with van der Waals surface area (Å²) in [6.45, 7) is 4.76. The lowest BCUT2D eigenvalue weighted by atomic mass is 9.49. The second kappa shape index (κ2) is 4.99. The molecule has 0 heterocycles. The molecule has 0 amide bonds. The Bertz CT molecular complexity index is 473. The van der Waals surface area contributed by atoms with Gasteiger partial charge in [0.1, 0.15) is 6.10 Å². The average molecular weight is 316 g/mol. The summed E-state index contributed by atoms with van der Waals surface area (Å²) in [5.74, 6) is 5.96. The van der Waals surface area contributed by atoms with Crippen molar-refractivity contribution in [2.75, 3.05) is 0 Å². The van der Waals surface area contributed by atoms with E-state index in [9.17, 15) is 4.79 Å². The molecule has 6 fully saturated rings. The lowest BCUT2D eigenvalue weighted by Gasteiger charge is -2.56. The van der Waals surface area contributed by atoms with Crippen molar-refractivity contribution in [3.05, 3.63) is 0 Å². The van der Waals surface area contributed by atoms with Crippen LogP contribution in [0.3, 0.4) is 0 Å². The number of esters is 1. The molecule has 6 aliphatic rings. The fourth-order valence-corrected chi connectivity index (χ4v) is 8.03. The molecule has 2 heteroatoms. The van der Waals surface area contributed by atoms with E-state index in [4.69, 9.17) is 4.74 Å². The smallest absolute Gasteiger partial charge is 0.306 e. The minimum Gasteiger partial charge on any atom is -0.462 e. The van der Waals surface area contributed by atoms with E-state index < -0.39 is 0 Å². The maximum atomic E-state index is 12.7. The third kappa shape index (κ3) is 2.30. The van der Waals surface area contributed by atoms with Crippen molar-refractivity contribution in [2.45, 2.75) is 77.7 Å². The van der Waals surface area contributed by atoms with Gasteiger partial charge in [-0.25, -0.2) is 0 Å². The Morgan fingerprint density at radius 3 is 2.04 bits per heavy atom. The van der Waals surface area contributed by atoms with Gasteiger partial charge in [-0.2, -0.15) is 0 Å². The molecule has 6 bridgehead atoms. The Balaban J connectivity index is 1.23. The van der Waals surface area contributed by atoms with Gasteiger partial charge in [-0.05, 0) is 98.2 Å². The van der Waals surface area contributed by atoms with Crippen LogP contribution in [0.15, 0.2) is 0 Å². The van der Waals surface area contributed by atoms with Gasteiger partial charge in [0.2, 0.25) is 0 Å². The lowest BCUT2D eigenvalue weighted by Crippen LogP contribution is -2.47. The lowest BCUT2D eigenvalue weighted by molar-refractivity contribution is -0.161. The number of carbonyl (C=O) groups excluding carboxylic acids is 1. The van der Waals surface area contributed by atoms with E-state index in [-0.39, 0.29) is 12.1 Å². The number of rotatable bonds is 3. The summed E-state index contributed by atoms with van der Waals surface area (Å²) in [5.41, 5.74) is 0.336. The molecule has 0 aliphatic heterocycles. The molecule has 0 N–H and O–H groups in total. The number of fused-ring (bicyclic) bond motifs is 2. The Labute approximate surface area is 140 Å². The van der Waals surface area contributed by atoms with Crippen LogP contribution >= 0.6 is 0 Å². The van der Waals surface area contributed by atoms with Gasteiger partial charge in [-0.3, -0.25) is 4.79 Å². The van der Waals surface area contributed by atoms with Gasteiger partial charge in [-0.15, -0.1) is 0 Å². The van der Waals surface area contributed by atoms with Crippen LogP contribution in [0.4, 0.5) is 0 Å². The van der Waals surface area contributed by atoms with Crippen LogP contribution in [0.2, 0.25) is 0 Å². The molecule has 5 unspecified atom stereocenters. The van der Waals surface area contributed by atoms with E-state index in [0.717, 1.165) is 48.3 Å². The van der Waals surface area contributed by atoms with Crippen LogP contribution in [0, 0.1) is 46.8 Å². The quantitative estimate of drug-likeness (QED) is 0.698. The minimum absolute atomic E-state index is 0.143. The highest BCUT2D eigenvalue weighted by molar-refractivity contribution is 5.70. The Morgan fingerprint density at radius 2 is 1.52 bits per heavy atom. The first kappa shape index (κ1) is 14.8. The molecule has 6 saturated carbocycles. The Morgan fingerprint density at radius 1 is 0.913 bits per heavy atom. The first-order valence-electron chi connectivity index (χ1n) is 10.2. The molecule has 2 nitrogen and oxygen atoms in total. The Kier molecular flexibility index (Phi) is 3.21. The van der Waals surface area contributed by atoms with Crippen LogP contribution < -0.4 is 0 Å². The van der Waals surface area contributed by atoms with E-state index in [1.54, 1.807) is 0 Å². The van der Waals surface area contributed by atoms with Crippen molar-refractivity contribution < 1.29 is 9.53 Å². The maximum absolute atomic E-state index is 12.7. The molecule has 0 radical (unpaired) electrons. The van der Waals surface area contributed by atoms with Crippen molar-refractivity contribution in [1.29, 1.82) is 0 Å². The van der Waals surface area contributed by atoms with Crippen molar-refractivity contribution in [3.8, 4) is 0 Å². The third-order valence-corrected chi connectivity index (χ3v) is 8.80. The highest BCUT2D eigenvalue weighted by atomic mass is 16.5. The second-order valence-electron chi connectivity index (χ2n) is 10.2. The van der Waals surface area contributed by atoms with Gasteiger partial charge < -0.3 is 4.74 Å². The summed E-state index contributed by atoms with van der Waals surface area (Å²) in [5, 5.41) is 0. The highest BCUT2D eigenvalue weighted by Gasteiger charge is 2.53. The molecule has 0 aromatic carbocycles. The van der Waals surface area contributed by atoms with Crippen molar-refractivity contribution in [2.24, 2.45) is 46.8 Å². The van der Waals surface area contributed by atoms with Gasteiger partial charge in [0.25, 0.3) is 0 Å². The third-order valence-electron chi connectivity index (χ3n) is 8.80. The molecular weight excluding hydrogens is 284 g/mol. The van der Waals surface area contributed by atoms with Crippen LogP contribution in [-0.2, 0) is 9.53 Å². The van der Waals surface area contributed by atoms with Gasteiger partial charge in [0, 0.05) is 0 Å². The standard InChI is InChI=1S/C21H32O2/c1-12-13(2)18-6-17(12)7-19(18)23-20(22)11-21-8-14-3-15(9-21)5-16(4-14)10-21/h12-19H,3-11H2,1-2H3. The average Bonchev–Trinajstić information content (AvgIpc) is 2.97. The zero-order valence-corrected chi connectivity index (χ0v) is 14.8. The monoisotopic (exact) mass is 316 g/mol. The zero-order valence-electron chi connectivity index (χ0n) is 14.8. The molecule has 0 aromatic heterocycles. The van der Waals surface area contributed by atoms with E-state index in [2.05, 4.69) is 13.8 Å². The predicted octanol–water partition coefficient (Wildman–Crippen LogP) is 4.82. The molecule has 0 spiro atoms. The second-order valence-corrected chi connectivity index (χ2v) is 10.2. The normalized spacial score (nSPS) is 56.3. The topological polar surface area (TPSA) is 26.3 Å². The fourth-order valence-electron chi connectivity index (χ4n) is 8.03. The molecule has 0 saturated heterocycles. The summed E-state index contributed by atoms with van der Waals surface area (Å²) < 4.78 is 6.06. The van der Waals surface area contributed by atoms with Gasteiger partial charge in [0.05, 0.1) is 6.42 Å². The van der Waals surface area contributed by atoms with E-state index in [0.29, 0.717) is 11.3 Å². The maximum Gasteiger partial charge on any atom is 0.306 e. The number of hydrogen-bond donors (Lipinski definition) is 0. The predicted molar refractivity (Wildman–Crippen MR) is 89.6 cm³/mol. The molecular formula is C21H32O2. The van der Waals surface area contributed by atoms with Crippen LogP contribution in [0.25, 0.3) is 0 Å². The number of ether oxygens (including phenoxy) is 1. The largest absolute Gasteiger partial charge is 0.462 e. The summed E-state index contributed by atoms with van der Waals surface area (Å²) in [4.78, 5) is 12.7. The van der Waals surface area contributed by atoms with Crippen molar-refractivity contribution >= 4 is 5.97 Å². The van der Waals surface area contributed by atoms with E-state index in [1.807, 2.05) is 0 Å². The van der Waals surface area contributed by atoms with Gasteiger partial charge in [0.15, 0.2) is 0 Å². The Hall–Kier alpha value is -0.530. The SMILES string of the molecule is CC1C2CC(OC(=O)CC34CC5CC(CC(C5)C3)C4)C(C2)C1C. The summed E-state index contributed by atoms with van der Waals surface area (Å²) in [6, 6.07) is 0. The highest BCUT2D eigenvalue weighted by Crippen LogP contribution is 2.61. The minimum atomic E-state index is 0.143. The van der Waals surface area contributed by atoms with Crippen molar-refractivity contribution in [3.63, 3.8) is 0 Å². The first-order chi connectivity index (χ1) is 11.0. The van der Waals surface area contributed by atoms with Crippen molar-refractivity contribution in [1.82, 2.24) is 0 Å². The van der Waals surface area contributed by atoms with E-state index in [1.165, 1.54) is 44.9 Å². The molecule has 6 rings (SSSR count). The summed E-state index contributed by atoms with van der Waals surface area (Å²) >= 11 is 0. The van der Waals surface area contributed by atoms with Crippen LogP contribution in [0.1, 0.15) is 71.6 Å². The number of hydrogen-bond acceptors (Lipinski definition) is 2. The summed E-state index contributed by atoms with van der Waals surface area (Å²) in [6.07, 6.45) is 11.7. The van der Waals surface area contributed by atoms with Crippen LogP contribution in [-0.4, -0.2) is 12.1 Å². The van der Waals surface area contributed by atoms with Gasteiger partial charge >= 0.3 is 5.97 Å². The molecule has 5 atom stereocenters.